The third-order valence-corrected chi connectivity index (χ3v) is 3.19. The molecule has 0 aromatic heterocycles. The fourth-order valence-corrected chi connectivity index (χ4v) is 2.09. The maximum atomic E-state index is 11.9. The van der Waals surface area contributed by atoms with E-state index in [9.17, 15) is 4.79 Å². The predicted molar refractivity (Wildman–Crippen MR) is 87.5 cm³/mol. The standard InChI is InChI=1S/C18H21NO3/c1-14-7-5-8-15(13-14)22-12-6-11-18(20)19-16-9-3-4-10-17(16)21-2/h3-5,7-10,13H,6,11-12H2,1-2H3,(H,19,20). The normalized spacial score (nSPS) is 10.1. The number of rotatable bonds is 7. The number of hydrogen-bond acceptors (Lipinski definition) is 3. The SMILES string of the molecule is COc1ccccc1NC(=O)CCCOc1cccc(C)c1. The Morgan fingerprint density at radius 1 is 1.14 bits per heavy atom. The number of amides is 1. The molecule has 0 spiro atoms. The number of benzene rings is 2. The molecule has 1 amide bonds. The molecule has 0 heterocycles. The highest BCUT2D eigenvalue weighted by atomic mass is 16.5. The highest BCUT2D eigenvalue weighted by Gasteiger charge is 2.06. The first kappa shape index (κ1) is 15.9. The van der Waals surface area contributed by atoms with Gasteiger partial charge in [0.05, 0.1) is 19.4 Å². The van der Waals surface area contributed by atoms with Crippen molar-refractivity contribution in [2.45, 2.75) is 19.8 Å². The lowest BCUT2D eigenvalue weighted by atomic mass is 10.2. The van der Waals surface area contributed by atoms with E-state index in [0.29, 0.717) is 30.9 Å². The third kappa shape index (κ3) is 4.81. The van der Waals surface area contributed by atoms with Crippen molar-refractivity contribution in [3.05, 3.63) is 54.1 Å². The van der Waals surface area contributed by atoms with E-state index in [0.717, 1.165) is 11.3 Å². The van der Waals surface area contributed by atoms with Crippen LogP contribution in [0.1, 0.15) is 18.4 Å². The maximum absolute atomic E-state index is 11.9. The van der Waals surface area contributed by atoms with Gasteiger partial charge in [-0.15, -0.1) is 0 Å². The molecule has 0 unspecified atom stereocenters. The zero-order valence-electron chi connectivity index (χ0n) is 13.0. The Kier molecular flexibility index (Phi) is 5.83. The Hall–Kier alpha value is -2.49. The van der Waals surface area contributed by atoms with Crippen LogP contribution in [-0.2, 0) is 4.79 Å². The van der Waals surface area contributed by atoms with Crippen LogP contribution in [0.15, 0.2) is 48.5 Å². The number of methoxy groups -OCH3 is 1. The van der Waals surface area contributed by atoms with E-state index in [2.05, 4.69) is 5.32 Å². The lowest BCUT2D eigenvalue weighted by molar-refractivity contribution is -0.116. The van der Waals surface area contributed by atoms with E-state index < -0.39 is 0 Å². The lowest BCUT2D eigenvalue weighted by Gasteiger charge is -2.10. The molecular weight excluding hydrogens is 278 g/mol. The summed E-state index contributed by atoms with van der Waals surface area (Å²) in [5.41, 5.74) is 1.85. The van der Waals surface area contributed by atoms with E-state index in [1.165, 1.54) is 0 Å². The van der Waals surface area contributed by atoms with Gasteiger partial charge in [0.1, 0.15) is 11.5 Å². The minimum absolute atomic E-state index is 0.0441. The maximum Gasteiger partial charge on any atom is 0.224 e. The number of nitrogens with one attached hydrogen (secondary N) is 1. The number of carbonyl (C=O) groups is 1. The Balaban J connectivity index is 1.74. The first-order valence-electron chi connectivity index (χ1n) is 7.31. The molecule has 0 bridgehead atoms. The van der Waals surface area contributed by atoms with Crippen LogP contribution in [-0.4, -0.2) is 19.6 Å². The van der Waals surface area contributed by atoms with Crippen molar-refractivity contribution in [1.29, 1.82) is 0 Å². The van der Waals surface area contributed by atoms with Crippen LogP contribution in [0.25, 0.3) is 0 Å². The number of aryl methyl sites for hydroxylation is 1. The average Bonchev–Trinajstić information content (AvgIpc) is 2.52. The van der Waals surface area contributed by atoms with Crippen LogP contribution in [0.4, 0.5) is 5.69 Å². The number of para-hydroxylation sites is 2. The van der Waals surface area contributed by atoms with Crippen LogP contribution in [0.3, 0.4) is 0 Å². The van der Waals surface area contributed by atoms with Crippen molar-refractivity contribution in [3.63, 3.8) is 0 Å². The first-order chi connectivity index (χ1) is 10.7. The number of ether oxygens (including phenoxy) is 2. The smallest absolute Gasteiger partial charge is 0.224 e. The summed E-state index contributed by atoms with van der Waals surface area (Å²) in [6.07, 6.45) is 1.07. The molecule has 0 radical (unpaired) electrons. The van der Waals surface area contributed by atoms with Gasteiger partial charge in [-0.25, -0.2) is 0 Å². The van der Waals surface area contributed by atoms with Gasteiger partial charge in [-0.05, 0) is 43.2 Å². The summed E-state index contributed by atoms with van der Waals surface area (Å²) >= 11 is 0. The summed E-state index contributed by atoms with van der Waals surface area (Å²) < 4.78 is 10.8. The zero-order valence-corrected chi connectivity index (χ0v) is 13.0. The Morgan fingerprint density at radius 3 is 2.73 bits per heavy atom. The molecule has 0 aliphatic carbocycles. The van der Waals surface area contributed by atoms with Crippen molar-refractivity contribution < 1.29 is 14.3 Å². The third-order valence-electron chi connectivity index (χ3n) is 3.19. The van der Waals surface area contributed by atoms with Gasteiger partial charge in [-0.2, -0.15) is 0 Å². The van der Waals surface area contributed by atoms with Gasteiger partial charge >= 0.3 is 0 Å². The van der Waals surface area contributed by atoms with Gasteiger partial charge in [0.25, 0.3) is 0 Å². The zero-order chi connectivity index (χ0) is 15.8. The van der Waals surface area contributed by atoms with Crippen LogP contribution < -0.4 is 14.8 Å². The molecule has 0 saturated carbocycles. The Labute approximate surface area is 131 Å². The summed E-state index contributed by atoms with van der Waals surface area (Å²) in [5, 5.41) is 2.85. The molecule has 4 heteroatoms. The van der Waals surface area contributed by atoms with Crippen LogP contribution in [0.5, 0.6) is 11.5 Å². The van der Waals surface area contributed by atoms with Crippen molar-refractivity contribution in [1.82, 2.24) is 0 Å². The van der Waals surface area contributed by atoms with Crippen LogP contribution in [0.2, 0.25) is 0 Å². The number of anilines is 1. The van der Waals surface area contributed by atoms with Crippen molar-refractivity contribution in [2.24, 2.45) is 0 Å². The van der Waals surface area contributed by atoms with Gasteiger partial charge in [0.15, 0.2) is 0 Å². The topological polar surface area (TPSA) is 47.6 Å². The Bertz CT molecular complexity index is 625. The minimum Gasteiger partial charge on any atom is -0.495 e. The van der Waals surface area contributed by atoms with E-state index >= 15 is 0 Å². The number of carbonyl (C=O) groups excluding carboxylic acids is 1. The van der Waals surface area contributed by atoms with Gasteiger partial charge < -0.3 is 14.8 Å². The molecule has 4 nitrogen and oxygen atoms in total. The molecule has 116 valence electrons. The minimum atomic E-state index is -0.0441. The van der Waals surface area contributed by atoms with Crippen molar-refractivity contribution >= 4 is 11.6 Å². The van der Waals surface area contributed by atoms with Gasteiger partial charge in [0.2, 0.25) is 5.91 Å². The van der Waals surface area contributed by atoms with Crippen molar-refractivity contribution in [2.75, 3.05) is 19.0 Å². The molecule has 0 aliphatic heterocycles. The van der Waals surface area contributed by atoms with E-state index in [1.807, 2.05) is 55.5 Å². The summed E-state index contributed by atoms with van der Waals surface area (Å²) in [7, 11) is 1.58. The second-order valence-electron chi connectivity index (χ2n) is 5.02. The molecule has 2 aromatic rings. The highest BCUT2D eigenvalue weighted by Crippen LogP contribution is 2.23. The molecule has 0 fully saturated rings. The largest absolute Gasteiger partial charge is 0.495 e. The second kappa shape index (κ2) is 8.08. The first-order valence-corrected chi connectivity index (χ1v) is 7.31. The molecule has 0 aliphatic rings. The summed E-state index contributed by atoms with van der Waals surface area (Å²) in [6, 6.07) is 15.2. The van der Waals surface area contributed by atoms with Gasteiger partial charge in [0, 0.05) is 6.42 Å². The molecule has 0 saturated heterocycles. The second-order valence-corrected chi connectivity index (χ2v) is 5.02. The molecule has 1 N–H and O–H groups in total. The van der Waals surface area contributed by atoms with E-state index in [-0.39, 0.29) is 5.91 Å². The average molecular weight is 299 g/mol. The summed E-state index contributed by atoms with van der Waals surface area (Å²) in [4.78, 5) is 11.9. The Morgan fingerprint density at radius 2 is 1.95 bits per heavy atom. The van der Waals surface area contributed by atoms with Crippen LogP contribution >= 0.6 is 0 Å². The quantitative estimate of drug-likeness (QED) is 0.791. The molecule has 22 heavy (non-hydrogen) atoms. The fraction of sp³-hybridized carbons (Fsp3) is 0.278. The van der Waals surface area contributed by atoms with E-state index in [4.69, 9.17) is 9.47 Å². The summed E-state index contributed by atoms with van der Waals surface area (Å²) in [6.45, 7) is 2.54. The molecular formula is C18H21NO3. The number of hydrogen-bond donors (Lipinski definition) is 1. The predicted octanol–water partition coefficient (Wildman–Crippen LogP) is 3.80. The van der Waals surface area contributed by atoms with E-state index in [1.54, 1.807) is 7.11 Å². The van der Waals surface area contributed by atoms with Crippen LogP contribution in [0, 0.1) is 6.92 Å². The highest BCUT2D eigenvalue weighted by molar-refractivity contribution is 5.92. The molecule has 0 atom stereocenters. The fourth-order valence-electron chi connectivity index (χ4n) is 2.09. The van der Waals surface area contributed by atoms with Crippen molar-refractivity contribution in [3.8, 4) is 11.5 Å². The monoisotopic (exact) mass is 299 g/mol. The molecule has 2 aromatic carbocycles. The summed E-state index contributed by atoms with van der Waals surface area (Å²) in [5.74, 6) is 1.45. The molecule has 2 rings (SSSR count). The lowest BCUT2D eigenvalue weighted by Crippen LogP contribution is -2.13. The van der Waals surface area contributed by atoms with Gasteiger partial charge in [-0.1, -0.05) is 24.3 Å². The van der Waals surface area contributed by atoms with Gasteiger partial charge in [-0.3, -0.25) is 4.79 Å².